The van der Waals surface area contributed by atoms with Crippen molar-refractivity contribution >= 4 is 59.3 Å². The third-order valence-electron chi connectivity index (χ3n) is 0.0796. The number of hydrogen-bond donors (Lipinski definition) is 1. The van der Waals surface area contributed by atoms with Gasteiger partial charge in [0, 0.05) is 0 Å². The van der Waals surface area contributed by atoms with Gasteiger partial charge in [-0.2, -0.15) is 8.42 Å². The second kappa shape index (κ2) is 4.27. The summed E-state index contributed by atoms with van der Waals surface area (Å²) in [5, 5.41) is 0. The maximum absolute atomic E-state index is 10.2. The van der Waals surface area contributed by atoms with Gasteiger partial charge in [-0.15, -0.1) is 0 Å². The van der Waals surface area contributed by atoms with Gasteiger partial charge in [-0.25, -0.2) is 0 Å². The molecule has 0 fully saturated rings. The van der Waals surface area contributed by atoms with E-state index in [0.29, 0.717) is 0 Å². The molecule has 1 N–H and O–H groups in total. The monoisotopic (exact) mass is 256 g/mol. The van der Waals surface area contributed by atoms with Crippen LogP contribution >= 0.6 is 0 Å². The standard InChI is InChI=1S/Ba.FHO4S.2H/c;1-5-6(2,3)4;;/h;(H,2,3,4);;/q+2;;2*-1. The van der Waals surface area contributed by atoms with E-state index in [1.54, 1.807) is 0 Å². The average molecular weight is 255 g/mol. The van der Waals surface area contributed by atoms with Gasteiger partial charge in [-0.1, -0.05) is 0 Å². The van der Waals surface area contributed by atoms with Crippen LogP contribution in [0.5, 0.6) is 0 Å². The molecule has 0 aliphatic rings. The summed E-state index contributed by atoms with van der Waals surface area (Å²) in [6.45, 7) is 0. The zero-order valence-corrected chi connectivity index (χ0v) is 8.42. The van der Waals surface area contributed by atoms with E-state index in [1.165, 1.54) is 0 Å². The van der Waals surface area contributed by atoms with Crippen molar-refractivity contribution in [1.29, 1.82) is 0 Å². The fourth-order valence-corrected chi connectivity index (χ4v) is 0. The minimum Gasteiger partial charge on any atom is -1.00 e. The molecule has 0 aromatic rings. The fourth-order valence-electron chi connectivity index (χ4n) is 0. The summed E-state index contributed by atoms with van der Waals surface area (Å²) < 4.78 is 37.2. The summed E-state index contributed by atoms with van der Waals surface area (Å²) in [7, 11) is -4.83. The molecule has 0 radical (unpaired) electrons. The van der Waals surface area contributed by atoms with E-state index in [-0.39, 0.29) is 51.7 Å². The third kappa shape index (κ3) is 11.1. The van der Waals surface area contributed by atoms with Gasteiger partial charge in [0.15, 0.2) is 0 Å². The van der Waals surface area contributed by atoms with E-state index in [4.69, 9.17) is 13.0 Å². The van der Waals surface area contributed by atoms with Crippen LogP contribution in [0.15, 0.2) is 0 Å². The van der Waals surface area contributed by atoms with Gasteiger partial charge in [0.05, 0.1) is 0 Å². The number of rotatable bonds is 1. The molecule has 7 heteroatoms. The van der Waals surface area contributed by atoms with Crippen molar-refractivity contribution in [2.75, 3.05) is 0 Å². The van der Waals surface area contributed by atoms with Crippen LogP contribution in [0, 0.1) is 0 Å². The molecule has 42 valence electrons. The Kier molecular flexibility index (Phi) is 6.84. The quantitative estimate of drug-likeness (QED) is 0.508. The van der Waals surface area contributed by atoms with E-state index in [0.717, 1.165) is 0 Å². The first kappa shape index (κ1) is 11.2. The Labute approximate surface area is 82.9 Å². The molecule has 7 heavy (non-hydrogen) atoms. The van der Waals surface area contributed by atoms with Crippen molar-refractivity contribution < 1.29 is 24.7 Å². The van der Waals surface area contributed by atoms with Crippen molar-refractivity contribution in [1.82, 2.24) is 0 Å². The summed E-state index contributed by atoms with van der Waals surface area (Å²) in [6.07, 6.45) is 0. The first-order chi connectivity index (χ1) is 2.56. The second-order valence-corrected chi connectivity index (χ2v) is 1.47. The van der Waals surface area contributed by atoms with Crippen molar-refractivity contribution in [2.45, 2.75) is 0 Å². The largest absolute Gasteiger partial charge is 2.00 e. The molecule has 4 nitrogen and oxygen atoms in total. The molecule has 0 aromatic heterocycles. The van der Waals surface area contributed by atoms with Gasteiger partial charge in [0.25, 0.3) is 0 Å². The fraction of sp³-hybridized carbons (Fsp3) is 0. The first-order valence-electron chi connectivity index (χ1n) is 0.837. The van der Waals surface area contributed by atoms with Crippen LogP contribution in [0.3, 0.4) is 0 Å². The predicted molar refractivity (Wildman–Crippen MR) is 21.7 cm³/mol. The van der Waals surface area contributed by atoms with Gasteiger partial charge in [0.1, 0.15) is 0 Å². The minimum absolute atomic E-state index is 0. The maximum atomic E-state index is 10.2. The zero-order chi connectivity index (χ0) is 5.21. The molecule has 0 saturated heterocycles. The minimum atomic E-state index is -4.83. The molecule has 0 aromatic carbocycles. The molecule has 0 heterocycles. The molecule has 0 saturated carbocycles. The molecule has 0 aliphatic carbocycles. The Morgan fingerprint density at radius 2 is 1.86 bits per heavy atom. The van der Waals surface area contributed by atoms with E-state index < -0.39 is 10.4 Å². The van der Waals surface area contributed by atoms with Crippen LogP contribution in [0.2, 0.25) is 0 Å². The Hall–Kier alpha value is 1.37. The number of halogens is 1. The van der Waals surface area contributed by atoms with E-state index in [9.17, 15) is 4.53 Å². The van der Waals surface area contributed by atoms with Crippen LogP contribution in [-0.4, -0.2) is 61.9 Å². The van der Waals surface area contributed by atoms with Crippen molar-refractivity contribution in [2.24, 2.45) is 0 Å². The Morgan fingerprint density at radius 3 is 1.86 bits per heavy atom. The summed E-state index contributed by atoms with van der Waals surface area (Å²) in [6, 6.07) is 0. The van der Waals surface area contributed by atoms with Crippen LogP contribution in [-0.2, 0) is 14.8 Å². The Morgan fingerprint density at radius 1 is 1.71 bits per heavy atom. The SMILES string of the molecule is O=S(=O)(O)OF.[Ba+2].[H-].[H-]. The zero-order valence-electron chi connectivity index (χ0n) is 5.17. The number of hydrogen-bond acceptors (Lipinski definition) is 3. The second-order valence-electron chi connectivity index (χ2n) is 0.491. The van der Waals surface area contributed by atoms with E-state index in [2.05, 4.69) is 0 Å². The van der Waals surface area contributed by atoms with Gasteiger partial charge < -0.3 is 2.85 Å². The van der Waals surface area contributed by atoms with Crippen LogP contribution < -0.4 is 0 Å². The van der Waals surface area contributed by atoms with Gasteiger partial charge >= 0.3 is 59.3 Å². The van der Waals surface area contributed by atoms with Crippen molar-refractivity contribution in [3.63, 3.8) is 0 Å². The van der Waals surface area contributed by atoms with Crippen molar-refractivity contribution in [3.05, 3.63) is 0 Å². The summed E-state index contributed by atoms with van der Waals surface area (Å²) in [5.41, 5.74) is 0. The average Bonchev–Trinajstić information content (AvgIpc) is 1.35. The van der Waals surface area contributed by atoms with Crippen LogP contribution in [0.25, 0.3) is 0 Å². The molecule has 0 bridgehead atoms. The summed E-state index contributed by atoms with van der Waals surface area (Å²) >= 11 is 0. The molecule has 0 aliphatic heterocycles. The van der Waals surface area contributed by atoms with Gasteiger partial charge in [-0.3, -0.25) is 4.55 Å². The predicted octanol–water partition coefficient (Wildman–Crippen LogP) is -0.465. The molecule has 0 atom stereocenters. The molecular weight excluding hydrogens is 252 g/mol. The van der Waals surface area contributed by atoms with Crippen LogP contribution in [0.1, 0.15) is 2.85 Å². The van der Waals surface area contributed by atoms with E-state index >= 15 is 0 Å². The van der Waals surface area contributed by atoms with Crippen molar-refractivity contribution in [3.8, 4) is 0 Å². The third-order valence-corrected chi connectivity index (χ3v) is 0.239. The maximum Gasteiger partial charge on any atom is 2.00 e. The Balaban J connectivity index is -0.0000000417. The van der Waals surface area contributed by atoms with Gasteiger partial charge in [-0.05, 0) is 8.91 Å². The normalized spacial score (nSPS) is 10.0. The molecular formula is H3BaFO4S. The molecule has 0 spiro atoms. The molecule has 0 amide bonds. The molecule has 0 unspecified atom stereocenters. The summed E-state index contributed by atoms with van der Waals surface area (Å²) in [4.78, 5) is 0. The van der Waals surface area contributed by atoms with Gasteiger partial charge in [0.2, 0.25) is 0 Å². The first-order valence-corrected chi connectivity index (χ1v) is 2.20. The molecule has 0 rings (SSSR count). The smallest absolute Gasteiger partial charge is 1.00 e. The van der Waals surface area contributed by atoms with Crippen LogP contribution in [0.4, 0.5) is 4.53 Å². The topological polar surface area (TPSA) is 63.6 Å². The van der Waals surface area contributed by atoms with E-state index in [1.807, 2.05) is 4.39 Å². The Bertz CT molecular complexity index is 121. The summed E-state index contributed by atoms with van der Waals surface area (Å²) in [5.74, 6) is 0.